The first kappa shape index (κ1) is 36.3. The number of piperidine rings is 1. The van der Waals surface area contributed by atoms with Crippen LogP contribution in [0.15, 0.2) is 42.6 Å². The van der Waals surface area contributed by atoms with E-state index in [2.05, 4.69) is 41.1 Å². The molecule has 0 unspecified atom stereocenters. The Labute approximate surface area is 251 Å². The molecule has 18 heteroatoms. The summed E-state index contributed by atoms with van der Waals surface area (Å²) in [5, 5.41) is 21.7. The number of carbonyl (C=O) groups is 4. The predicted molar refractivity (Wildman–Crippen MR) is 148 cm³/mol. The van der Waals surface area contributed by atoms with E-state index in [1.165, 1.54) is 5.56 Å². The molecule has 0 spiro atoms. The van der Waals surface area contributed by atoms with Crippen LogP contribution in [0, 0.1) is 5.92 Å². The number of nitrogens with one attached hydrogen (secondary N) is 1. The molecule has 5 N–H and O–H groups in total. The first-order valence-corrected chi connectivity index (χ1v) is 13.0. The molecule has 3 heterocycles. The van der Waals surface area contributed by atoms with Crippen LogP contribution in [0.2, 0.25) is 0 Å². The highest BCUT2D eigenvalue weighted by Crippen LogP contribution is 2.24. The zero-order valence-electron chi connectivity index (χ0n) is 24.1. The molecule has 2 aromatic heterocycles. The van der Waals surface area contributed by atoms with Crippen LogP contribution in [0.4, 0.5) is 38.0 Å². The van der Waals surface area contributed by atoms with Gasteiger partial charge >= 0.3 is 24.3 Å². The third-order valence-corrected chi connectivity index (χ3v) is 6.27. The molecule has 1 aliphatic heterocycles. The Bertz CT molecular complexity index is 1480. The van der Waals surface area contributed by atoms with E-state index in [9.17, 15) is 35.9 Å². The van der Waals surface area contributed by atoms with Crippen LogP contribution >= 0.6 is 0 Å². The van der Waals surface area contributed by atoms with Crippen LogP contribution in [0.5, 0.6) is 0 Å². The largest absolute Gasteiger partial charge is 0.490 e. The molecule has 0 saturated carbocycles. The summed E-state index contributed by atoms with van der Waals surface area (Å²) < 4.78 is 65.1. The number of rotatable bonds is 4. The number of amides is 2. The van der Waals surface area contributed by atoms with Crippen molar-refractivity contribution in [1.29, 1.82) is 0 Å². The van der Waals surface area contributed by atoms with E-state index in [0.717, 1.165) is 31.7 Å². The van der Waals surface area contributed by atoms with Gasteiger partial charge in [-0.1, -0.05) is 32.9 Å². The summed E-state index contributed by atoms with van der Waals surface area (Å²) in [5.41, 5.74) is 7.85. The number of hydrogen-bond acceptors (Lipinski definition) is 7. The Hall–Kier alpha value is -4.90. The number of alkyl halides is 6. The van der Waals surface area contributed by atoms with Crippen molar-refractivity contribution in [2.75, 3.05) is 23.3 Å². The zero-order chi connectivity index (χ0) is 34.3. The second kappa shape index (κ2) is 14.3. The number of fused-ring (bicyclic) bond motifs is 1. The Morgan fingerprint density at radius 2 is 1.36 bits per heavy atom. The van der Waals surface area contributed by atoms with E-state index < -0.39 is 24.3 Å². The number of carbonyl (C=O) groups excluding carboxylic acids is 2. The molecule has 2 amide bonds. The average molecular weight is 649 g/mol. The summed E-state index contributed by atoms with van der Waals surface area (Å²) in [4.78, 5) is 48.4. The standard InChI is InChI=1S/C23H28N6O2.2C2HF3O2/c1-23(2,3)17-6-4-16(5-7-17)22(31)26-18-14-29-19(25-18)8-9-20(27-29)28-12-10-15(11-13-28)21(24)30;2*3-2(4,5)1(6)7/h4-9,14-15H,10-13H2,1-3H3,(H2,24,30)(H,26,31);2*(H,6,7). The lowest BCUT2D eigenvalue weighted by Gasteiger charge is -2.31. The minimum Gasteiger partial charge on any atom is -0.475 e. The van der Waals surface area contributed by atoms with E-state index in [0.29, 0.717) is 17.0 Å². The smallest absolute Gasteiger partial charge is 0.475 e. The summed E-state index contributed by atoms with van der Waals surface area (Å²) >= 11 is 0. The molecule has 0 atom stereocenters. The van der Waals surface area contributed by atoms with Gasteiger partial charge in [-0.15, -0.1) is 5.10 Å². The number of carboxylic acids is 2. The molecule has 0 radical (unpaired) electrons. The van der Waals surface area contributed by atoms with Crippen molar-refractivity contribution in [2.45, 2.75) is 51.4 Å². The van der Waals surface area contributed by atoms with Crippen LogP contribution < -0.4 is 16.0 Å². The molecular weight excluding hydrogens is 618 g/mol. The molecule has 1 saturated heterocycles. The van der Waals surface area contributed by atoms with Gasteiger partial charge < -0.3 is 26.2 Å². The van der Waals surface area contributed by atoms with Gasteiger partial charge in [0.25, 0.3) is 5.91 Å². The fraction of sp³-hybridized carbons (Fsp3) is 0.407. The molecule has 0 bridgehead atoms. The van der Waals surface area contributed by atoms with Gasteiger partial charge in [0, 0.05) is 24.6 Å². The molecule has 1 aromatic carbocycles. The van der Waals surface area contributed by atoms with Crippen molar-refractivity contribution in [3.05, 3.63) is 53.7 Å². The fourth-order valence-corrected chi connectivity index (χ4v) is 3.80. The summed E-state index contributed by atoms with van der Waals surface area (Å²) in [6.45, 7) is 7.88. The summed E-state index contributed by atoms with van der Waals surface area (Å²) in [6, 6.07) is 11.4. The lowest BCUT2D eigenvalue weighted by atomic mass is 9.87. The van der Waals surface area contributed by atoms with Crippen LogP contribution in [0.1, 0.15) is 49.5 Å². The average Bonchev–Trinajstić information content (AvgIpc) is 3.34. The number of imidazole rings is 1. The number of aromatic nitrogens is 3. The predicted octanol–water partition coefficient (Wildman–Crippen LogP) is 4.25. The van der Waals surface area contributed by atoms with Crippen molar-refractivity contribution in [3.8, 4) is 0 Å². The van der Waals surface area contributed by atoms with Crippen LogP contribution in [-0.4, -0.2) is 74.0 Å². The maximum atomic E-state index is 12.6. The second-order valence-corrected chi connectivity index (χ2v) is 10.7. The number of anilines is 2. The summed E-state index contributed by atoms with van der Waals surface area (Å²) in [5.74, 6) is -4.76. The number of nitrogens with two attached hydrogens (primary N) is 1. The Morgan fingerprint density at radius 1 is 0.867 bits per heavy atom. The third kappa shape index (κ3) is 11.0. The van der Waals surface area contributed by atoms with Gasteiger partial charge in [0.15, 0.2) is 11.5 Å². The topological polar surface area (TPSA) is 180 Å². The quantitative estimate of drug-likeness (QED) is 0.301. The number of hydrogen-bond donors (Lipinski definition) is 4. The van der Waals surface area contributed by atoms with E-state index in [4.69, 9.17) is 25.5 Å². The highest BCUT2D eigenvalue weighted by molar-refractivity contribution is 6.03. The van der Waals surface area contributed by atoms with Crippen LogP contribution in [-0.2, 0) is 19.8 Å². The molecule has 246 valence electrons. The molecular formula is C27H30F6N6O6. The van der Waals surface area contributed by atoms with Crippen molar-refractivity contribution in [3.63, 3.8) is 0 Å². The zero-order valence-corrected chi connectivity index (χ0v) is 24.1. The highest BCUT2D eigenvalue weighted by Gasteiger charge is 2.39. The van der Waals surface area contributed by atoms with Crippen molar-refractivity contribution >= 4 is 41.0 Å². The van der Waals surface area contributed by atoms with Gasteiger partial charge in [-0.2, -0.15) is 26.3 Å². The summed E-state index contributed by atoms with van der Waals surface area (Å²) in [7, 11) is 0. The van der Waals surface area contributed by atoms with Gasteiger partial charge in [0.1, 0.15) is 5.82 Å². The van der Waals surface area contributed by atoms with E-state index in [1.54, 1.807) is 10.7 Å². The monoisotopic (exact) mass is 648 g/mol. The number of halogens is 6. The number of aliphatic carboxylic acids is 2. The second-order valence-electron chi connectivity index (χ2n) is 10.7. The molecule has 4 rings (SSSR count). The normalized spacial score (nSPS) is 14.0. The van der Waals surface area contributed by atoms with E-state index in [1.807, 2.05) is 36.4 Å². The minimum absolute atomic E-state index is 0.0368. The number of primary amides is 1. The molecule has 45 heavy (non-hydrogen) atoms. The van der Waals surface area contributed by atoms with Crippen molar-refractivity contribution in [1.82, 2.24) is 14.6 Å². The van der Waals surface area contributed by atoms with Gasteiger partial charge in [0.05, 0.1) is 6.20 Å². The lowest BCUT2D eigenvalue weighted by molar-refractivity contribution is -0.193. The minimum atomic E-state index is -5.08. The SMILES string of the molecule is CC(C)(C)c1ccc(C(=O)Nc2cn3nc(N4CCC(C(N)=O)CC4)ccc3n2)cc1.O=C(O)C(F)(F)F.O=C(O)C(F)(F)F. The Balaban J connectivity index is 0.000000421. The van der Waals surface area contributed by atoms with Crippen LogP contribution in [0.3, 0.4) is 0 Å². The van der Waals surface area contributed by atoms with Gasteiger partial charge in [-0.25, -0.2) is 19.1 Å². The highest BCUT2D eigenvalue weighted by atomic mass is 19.4. The fourth-order valence-electron chi connectivity index (χ4n) is 3.80. The number of benzene rings is 1. The molecule has 3 aromatic rings. The lowest BCUT2D eigenvalue weighted by Crippen LogP contribution is -2.39. The maximum absolute atomic E-state index is 12.6. The number of carboxylic acid groups (broad SMARTS) is 2. The van der Waals surface area contributed by atoms with Crippen molar-refractivity contribution in [2.24, 2.45) is 11.7 Å². The molecule has 12 nitrogen and oxygen atoms in total. The third-order valence-electron chi connectivity index (χ3n) is 6.27. The summed E-state index contributed by atoms with van der Waals surface area (Å²) in [6.07, 6.45) is -7.00. The molecule has 1 aliphatic rings. The van der Waals surface area contributed by atoms with Gasteiger partial charge in [-0.3, -0.25) is 9.59 Å². The van der Waals surface area contributed by atoms with Gasteiger partial charge in [-0.05, 0) is 48.1 Å². The molecule has 1 fully saturated rings. The van der Waals surface area contributed by atoms with E-state index in [-0.39, 0.29) is 23.1 Å². The Morgan fingerprint density at radius 3 is 1.78 bits per heavy atom. The Kier molecular flexibility index (Phi) is 11.5. The first-order chi connectivity index (χ1) is 20.6. The van der Waals surface area contributed by atoms with Gasteiger partial charge in [0.2, 0.25) is 5.91 Å². The maximum Gasteiger partial charge on any atom is 0.490 e. The molecule has 0 aliphatic carbocycles. The van der Waals surface area contributed by atoms with Crippen molar-refractivity contribution < 1.29 is 55.7 Å². The first-order valence-electron chi connectivity index (χ1n) is 13.0. The number of nitrogens with zero attached hydrogens (tertiary/aromatic N) is 4. The van der Waals surface area contributed by atoms with E-state index >= 15 is 0 Å². The van der Waals surface area contributed by atoms with Crippen LogP contribution in [0.25, 0.3) is 5.65 Å².